The number of guanidine groups is 1. The zero-order valence-electron chi connectivity index (χ0n) is 17.4. The van der Waals surface area contributed by atoms with E-state index in [1.54, 1.807) is 21.3 Å². The van der Waals surface area contributed by atoms with E-state index < -0.39 is 0 Å². The number of aliphatic imine (C=N–C) groups is 1. The Morgan fingerprint density at radius 2 is 1.64 bits per heavy atom. The number of hydrogen-bond acceptors (Lipinski definition) is 3. The fourth-order valence-electron chi connectivity index (χ4n) is 2.88. The van der Waals surface area contributed by atoms with Crippen molar-refractivity contribution >= 4 is 29.9 Å². The van der Waals surface area contributed by atoms with Crippen LogP contribution in [-0.4, -0.2) is 40.3 Å². The average Bonchev–Trinajstić information content (AvgIpc) is 2.71. The summed E-state index contributed by atoms with van der Waals surface area (Å²) in [6.45, 7) is 6.03. The molecule has 2 aromatic rings. The highest BCUT2D eigenvalue weighted by Gasteiger charge is 2.20. The molecule has 0 saturated heterocycles. The van der Waals surface area contributed by atoms with Gasteiger partial charge in [0.2, 0.25) is 0 Å². The Hall–Kier alpha value is -1.96. The van der Waals surface area contributed by atoms with Gasteiger partial charge >= 0.3 is 0 Å². The second-order valence-corrected chi connectivity index (χ2v) is 7.04. The van der Waals surface area contributed by atoms with E-state index >= 15 is 0 Å². The minimum atomic E-state index is 0. The molecule has 28 heavy (non-hydrogen) atoms. The predicted octanol–water partition coefficient (Wildman–Crippen LogP) is 4.01. The number of hydrogen-bond donors (Lipinski definition) is 2. The van der Waals surface area contributed by atoms with Crippen LogP contribution in [0.25, 0.3) is 0 Å². The maximum Gasteiger partial charge on any atom is 0.191 e. The molecule has 5 nitrogen and oxygen atoms in total. The molecule has 0 radical (unpaired) electrons. The first kappa shape index (κ1) is 24.1. The van der Waals surface area contributed by atoms with Crippen LogP contribution >= 0.6 is 24.0 Å². The second kappa shape index (κ2) is 11.8. The van der Waals surface area contributed by atoms with Crippen molar-refractivity contribution in [3.8, 4) is 11.5 Å². The number of ether oxygens (including phenoxy) is 2. The minimum absolute atomic E-state index is 0. The molecule has 2 rings (SSSR count). The number of nitrogens with one attached hydrogen (secondary N) is 2. The fraction of sp³-hybridized carbons (Fsp3) is 0.409. The lowest BCUT2D eigenvalue weighted by Crippen LogP contribution is -2.44. The molecule has 2 N–H and O–H groups in total. The van der Waals surface area contributed by atoms with Gasteiger partial charge in [-0.1, -0.05) is 50.2 Å². The zero-order valence-corrected chi connectivity index (χ0v) is 19.7. The third-order valence-electron chi connectivity index (χ3n) is 4.63. The molecule has 6 heteroatoms. The van der Waals surface area contributed by atoms with Gasteiger partial charge in [0, 0.05) is 25.6 Å². The fourth-order valence-corrected chi connectivity index (χ4v) is 2.88. The topological polar surface area (TPSA) is 54.9 Å². The molecular formula is C22H32IN3O2. The smallest absolute Gasteiger partial charge is 0.191 e. The van der Waals surface area contributed by atoms with Crippen LogP contribution in [0.1, 0.15) is 25.0 Å². The van der Waals surface area contributed by atoms with Crippen molar-refractivity contribution in [2.24, 2.45) is 4.99 Å². The van der Waals surface area contributed by atoms with E-state index in [-0.39, 0.29) is 29.4 Å². The summed E-state index contributed by atoms with van der Waals surface area (Å²) in [5, 5.41) is 6.80. The number of halogens is 1. The SMILES string of the molecule is CN=C(NCCc1ccc(OC)c(OC)c1)NCC(C)(C)c1ccccc1.I. The molecule has 0 aliphatic heterocycles. The van der Waals surface area contributed by atoms with Crippen LogP contribution in [0.4, 0.5) is 0 Å². The second-order valence-electron chi connectivity index (χ2n) is 7.04. The molecule has 0 heterocycles. The van der Waals surface area contributed by atoms with Crippen LogP contribution in [0.3, 0.4) is 0 Å². The molecule has 0 amide bonds. The van der Waals surface area contributed by atoms with Crippen LogP contribution < -0.4 is 20.1 Å². The summed E-state index contributed by atoms with van der Waals surface area (Å²) in [7, 11) is 5.09. The summed E-state index contributed by atoms with van der Waals surface area (Å²) in [6, 6.07) is 16.5. The highest BCUT2D eigenvalue weighted by molar-refractivity contribution is 14.0. The van der Waals surface area contributed by atoms with E-state index in [9.17, 15) is 0 Å². The molecule has 2 aromatic carbocycles. The van der Waals surface area contributed by atoms with E-state index in [2.05, 4.69) is 59.8 Å². The zero-order chi connectivity index (χ0) is 19.7. The van der Waals surface area contributed by atoms with Crippen LogP contribution in [-0.2, 0) is 11.8 Å². The normalized spacial score (nSPS) is 11.4. The first-order chi connectivity index (χ1) is 13.0. The van der Waals surface area contributed by atoms with Crippen molar-refractivity contribution in [1.29, 1.82) is 0 Å². The van der Waals surface area contributed by atoms with Gasteiger partial charge in [0.1, 0.15) is 0 Å². The number of benzene rings is 2. The Morgan fingerprint density at radius 1 is 0.964 bits per heavy atom. The number of nitrogens with zero attached hydrogens (tertiary/aromatic N) is 1. The summed E-state index contributed by atoms with van der Waals surface area (Å²) >= 11 is 0. The number of methoxy groups -OCH3 is 2. The van der Waals surface area contributed by atoms with Gasteiger partial charge < -0.3 is 20.1 Å². The van der Waals surface area contributed by atoms with Gasteiger partial charge in [-0.2, -0.15) is 0 Å². The first-order valence-corrected chi connectivity index (χ1v) is 9.21. The Bertz CT molecular complexity index is 749. The van der Waals surface area contributed by atoms with Crippen molar-refractivity contribution in [1.82, 2.24) is 10.6 Å². The summed E-state index contributed by atoms with van der Waals surface area (Å²) in [4.78, 5) is 4.33. The highest BCUT2D eigenvalue weighted by atomic mass is 127. The van der Waals surface area contributed by atoms with Crippen molar-refractivity contribution < 1.29 is 9.47 Å². The molecule has 0 aromatic heterocycles. The third kappa shape index (κ3) is 6.89. The predicted molar refractivity (Wildman–Crippen MR) is 127 cm³/mol. The van der Waals surface area contributed by atoms with E-state index in [0.717, 1.165) is 37.0 Å². The Balaban J connectivity index is 0.00000392. The van der Waals surface area contributed by atoms with Gasteiger partial charge in [-0.3, -0.25) is 4.99 Å². The van der Waals surface area contributed by atoms with Gasteiger partial charge in [-0.15, -0.1) is 24.0 Å². The monoisotopic (exact) mass is 497 g/mol. The Kier molecular flexibility index (Phi) is 10.1. The van der Waals surface area contributed by atoms with Crippen LogP contribution in [0, 0.1) is 0 Å². The van der Waals surface area contributed by atoms with Crippen molar-refractivity contribution in [3.63, 3.8) is 0 Å². The summed E-state index contributed by atoms with van der Waals surface area (Å²) in [5.74, 6) is 2.30. The molecule has 0 unspecified atom stereocenters. The van der Waals surface area contributed by atoms with Gasteiger partial charge in [0.05, 0.1) is 14.2 Å². The molecular weight excluding hydrogens is 465 g/mol. The lowest BCUT2D eigenvalue weighted by Gasteiger charge is -2.26. The maximum atomic E-state index is 5.36. The van der Waals surface area contributed by atoms with Crippen molar-refractivity contribution in [2.75, 3.05) is 34.4 Å². The molecule has 0 atom stereocenters. The van der Waals surface area contributed by atoms with E-state index in [1.165, 1.54) is 11.1 Å². The van der Waals surface area contributed by atoms with Crippen LogP contribution in [0.15, 0.2) is 53.5 Å². The standard InChI is InChI=1S/C22H31N3O2.HI/c1-22(2,18-9-7-6-8-10-18)16-25-21(23-3)24-14-13-17-11-12-19(26-4)20(15-17)27-5;/h6-12,15H,13-14,16H2,1-5H3,(H2,23,24,25);1H. The summed E-state index contributed by atoms with van der Waals surface area (Å²) in [5.41, 5.74) is 2.50. The largest absolute Gasteiger partial charge is 0.493 e. The maximum absolute atomic E-state index is 5.36. The lowest BCUT2D eigenvalue weighted by molar-refractivity contribution is 0.354. The minimum Gasteiger partial charge on any atom is -0.493 e. The third-order valence-corrected chi connectivity index (χ3v) is 4.63. The lowest BCUT2D eigenvalue weighted by atomic mass is 9.85. The van der Waals surface area contributed by atoms with Gasteiger partial charge in [-0.25, -0.2) is 0 Å². The van der Waals surface area contributed by atoms with Gasteiger partial charge in [0.15, 0.2) is 17.5 Å². The van der Waals surface area contributed by atoms with E-state index in [0.29, 0.717) is 0 Å². The van der Waals surface area contributed by atoms with E-state index in [4.69, 9.17) is 9.47 Å². The first-order valence-electron chi connectivity index (χ1n) is 9.21. The van der Waals surface area contributed by atoms with Crippen LogP contribution in [0.2, 0.25) is 0 Å². The molecule has 154 valence electrons. The highest BCUT2D eigenvalue weighted by Crippen LogP contribution is 2.27. The molecule has 0 saturated carbocycles. The summed E-state index contributed by atoms with van der Waals surface area (Å²) in [6.07, 6.45) is 0.864. The number of rotatable bonds is 8. The van der Waals surface area contributed by atoms with E-state index in [1.807, 2.05) is 18.2 Å². The molecule has 0 aliphatic rings. The van der Waals surface area contributed by atoms with Crippen LogP contribution in [0.5, 0.6) is 11.5 Å². The van der Waals surface area contributed by atoms with Crippen molar-refractivity contribution in [3.05, 3.63) is 59.7 Å². The molecule has 0 spiro atoms. The Morgan fingerprint density at radius 3 is 2.25 bits per heavy atom. The quantitative estimate of drug-likeness (QED) is 0.329. The summed E-state index contributed by atoms with van der Waals surface area (Å²) < 4.78 is 10.6. The molecule has 0 bridgehead atoms. The van der Waals surface area contributed by atoms with Gasteiger partial charge in [-0.05, 0) is 29.7 Å². The molecule has 0 aliphatic carbocycles. The van der Waals surface area contributed by atoms with Gasteiger partial charge in [0.25, 0.3) is 0 Å². The average molecular weight is 497 g/mol. The van der Waals surface area contributed by atoms with Crippen molar-refractivity contribution in [2.45, 2.75) is 25.7 Å². The Labute approximate surface area is 186 Å². The molecule has 0 fully saturated rings.